The van der Waals surface area contributed by atoms with Gasteiger partial charge in [-0.15, -0.1) is 11.8 Å². The lowest BCUT2D eigenvalue weighted by molar-refractivity contribution is -0.143. The molecule has 0 unspecified atom stereocenters. The highest BCUT2D eigenvalue weighted by molar-refractivity contribution is 7.99. The number of halogens is 1. The van der Waals surface area contributed by atoms with Gasteiger partial charge in [0.05, 0.1) is 23.9 Å². The first kappa shape index (κ1) is 22.1. The molecular formula is C19H23ClN2O5S. The largest absolute Gasteiger partial charge is 0.463 e. The highest BCUT2D eigenvalue weighted by Gasteiger charge is 2.30. The number of ether oxygens (including phenoxy) is 2. The molecular weight excluding hydrogens is 404 g/mol. The van der Waals surface area contributed by atoms with Crippen LogP contribution in [0.2, 0.25) is 5.02 Å². The Morgan fingerprint density at radius 1 is 1.21 bits per heavy atom. The van der Waals surface area contributed by atoms with Crippen molar-refractivity contribution in [1.29, 1.82) is 0 Å². The van der Waals surface area contributed by atoms with Gasteiger partial charge < -0.3 is 20.1 Å². The molecule has 0 bridgehead atoms. The topological polar surface area (TPSA) is 93.7 Å². The number of thioether (sulfide) groups is 1. The van der Waals surface area contributed by atoms with E-state index in [1.807, 2.05) is 24.3 Å². The highest BCUT2D eigenvalue weighted by Crippen LogP contribution is 2.21. The average molecular weight is 427 g/mol. The van der Waals surface area contributed by atoms with Crippen LogP contribution in [0, 0.1) is 0 Å². The summed E-state index contributed by atoms with van der Waals surface area (Å²) in [6.07, 6.45) is 0.880. The Hall–Kier alpha value is -2.19. The predicted molar refractivity (Wildman–Crippen MR) is 107 cm³/mol. The molecule has 7 nitrogen and oxygen atoms in total. The number of esters is 2. The van der Waals surface area contributed by atoms with Crippen molar-refractivity contribution in [3.63, 3.8) is 0 Å². The summed E-state index contributed by atoms with van der Waals surface area (Å²) in [5, 5.41) is 5.79. The van der Waals surface area contributed by atoms with Crippen molar-refractivity contribution in [2.24, 2.45) is 0 Å². The van der Waals surface area contributed by atoms with Crippen LogP contribution in [0.3, 0.4) is 0 Å². The van der Waals surface area contributed by atoms with Crippen molar-refractivity contribution >= 4 is 41.3 Å². The number of hydrogen-bond acceptors (Lipinski definition) is 6. The Labute approximate surface area is 173 Å². The number of rotatable bonds is 9. The Balaban J connectivity index is 1.82. The summed E-state index contributed by atoms with van der Waals surface area (Å²) in [4.78, 5) is 36.8. The van der Waals surface area contributed by atoms with Crippen LogP contribution in [0.4, 0.5) is 4.79 Å². The Morgan fingerprint density at radius 3 is 2.61 bits per heavy atom. The molecule has 1 aromatic rings. The molecule has 1 heterocycles. The molecule has 9 heteroatoms. The molecule has 1 aliphatic heterocycles. The first-order valence-electron chi connectivity index (χ1n) is 8.92. The minimum Gasteiger partial charge on any atom is -0.463 e. The van der Waals surface area contributed by atoms with Gasteiger partial charge in [0.1, 0.15) is 6.61 Å². The Bertz CT molecular complexity index is 751. The molecule has 1 aromatic carbocycles. The van der Waals surface area contributed by atoms with Gasteiger partial charge >= 0.3 is 18.0 Å². The number of urea groups is 1. The molecule has 1 atom stereocenters. The van der Waals surface area contributed by atoms with Crippen LogP contribution in [-0.2, 0) is 19.1 Å². The number of benzene rings is 1. The zero-order chi connectivity index (χ0) is 20.5. The van der Waals surface area contributed by atoms with Crippen molar-refractivity contribution in [3.8, 4) is 0 Å². The van der Waals surface area contributed by atoms with Gasteiger partial charge in [0, 0.05) is 16.3 Å². The van der Waals surface area contributed by atoms with Crippen molar-refractivity contribution in [2.75, 3.05) is 19.0 Å². The third-order valence-electron chi connectivity index (χ3n) is 3.85. The second-order valence-electron chi connectivity index (χ2n) is 6.00. The molecule has 0 radical (unpaired) electrons. The second kappa shape index (κ2) is 11.0. The van der Waals surface area contributed by atoms with Gasteiger partial charge in [-0.1, -0.05) is 11.6 Å². The first-order valence-corrected chi connectivity index (χ1v) is 10.3. The molecule has 152 valence electrons. The van der Waals surface area contributed by atoms with Crippen LogP contribution >= 0.6 is 23.4 Å². The van der Waals surface area contributed by atoms with E-state index in [9.17, 15) is 14.4 Å². The second-order valence-corrected chi connectivity index (χ2v) is 7.60. The van der Waals surface area contributed by atoms with Gasteiger partial charge in [-0.25, -0.2) is 9.59 Å². The summed E-state index contributed by atoms with van der Waals surface area (Å²) < 4.78 is 10.2. The van der Waals surface area contributed by atoms with Crippen molar-refractivity contribution in [2.45, 2.75) is 37.6 Å². The normalized spacial score (nSPS) is 16.2. The predicted octanol–water partition coefficient (Wildman–Crippen LogP) is 3.27. The van der Waals surface area contributed by atoms with E-state index in [4.69, 9.17) is 21.1 Å². The fraction of sp³-hybridized carbons (Fsp3) is 0.421. The van der Waals surface area contributed by atoms with Gasteiger partial charge in [-0.2, -0.15) is 0 Å². The molecule has 0 fully saturated rings. The van der Waals surface area contributed by atoms with Crippen molar-refractivity contribution < 1.29 is 23.9 Å². The molecule has 0 aromatic heterocycles. The maximum atomic E-state index is 12.1. The van der Waals surface area contributed by atoms with E-state index in [2.05, 4.69) is 10.6 Å². The summed E-state index contributed by atoms with van der Waals surface area (Å²) in [5.74, 6) is -0.189. The summed E-state index contributed by atoms with van der Waals surface area (Å²) in [6.45, 7) is 3.39. The van der Waals surface area contributed by atoms with Crippen LogP contribution < -0.4 is 10.6 Å². The third-order valence-corrected chi connectivity index (χ3v) is 5.20. The molecule has 1 aliphatic rings. The highest BCUT2D eigenvalue weighted by atomic mass is 35.5. The molecule has 2 rings (SSSR count). The number of hydrogen-bond donors (Lipinski definition) is 2. The third kappa shape index (κ3) is 6.76. The van der Waals surface area contributed by atoms with Gasteiger partial charge in [-0.3, -0.25) is 4.79 Å². The van der Waals surface area contributed by atoms with E-state index >= 15 is 0 Å². The number of nitrogens with one attached hydrogen (secondary N) is 2. The van der Waals surface area contributed by atoms with Gasteiger partial charge in [0.15, 0.2) is 0 Å². The molecule has 0 aliphatic carbocycles. The van der Waals surface area contributed by atoms with E-state index < -0.39 is 24.0 Å². The van der Waals surface area contributed by atoms with Crippen molar-refractivity contribution in [1.82, 2.24) is 10.6 Å². The van der Waals surface area contributed by atoms with Gasteiger partial charge in [0.2, 0.25) is 0 Å². The molecule has 0 spiro atoms. The molecule has 28 heavy (non-hydrogen) atoms. The smallest absolute Gasteiger partial charge is 0.338 e. The molecule has 0 saturated carbocycles. The van der Waals surface area contributed by atoms with Crippen LogP contribution in [0.5, 0.6) is 0 Å². The lowest BCUT2D eigenvalue weighted by Gasteiger charge is -2.26. The van der Waals surface area contributed by atoms with Crippen LogP contribution in [0.1, 0.15) is 26.7 Å². The van der Waals surface area contributed by atoms with Gasteiger partial charge in [0.25, 0.3) is 0 Å². The monoisotopic (exact) mass is 426 g/mol. The zero-order valence-corrected chi connectivity index (χ0v) is 17.3. The number of carbonyl (C=O) groups is 3. The summed E-state index contributed by atoms with van der Waals surface area (Å²) in [7, 11) is 0. The van der Waals surface area contributed by atoms with E-state index in [1.54, 1.807) is 25.6 Å². The van der Waals surface area contributed by atoms with Gasteiger partial charge in [-0.05, 0) is 50.3 Å². The Kier molecular flexibility index (Phi) is 8.66. The zero-order valence-electron chi connectivity index (χ0n) is 15.7. The summed E-state index contributed by atoms with van der Waals surface area (Å²) in [6, 6.07) is 6.51. The fourth-order valence-electron chi connectivity index (χ4n) is 2.56. The van der Waals surface area contributed by atoms with Crippen molar-refractivity contribution in [3.05, 3.63) is 40.6 Å². The maximum Gasteiger partial charge on any atom is 0.338 e. The van der Waals surface area contributed by atoms with Crippen LogP contribution in [0.15, 0.2) is 40.4 Å². The summed E-state index contributed by atoms with van der Waals surface area (Å²) >= 11 is 7.47. The van der Waals surface area contributed by atoms with E-state index in [0.29, 0.717) is 11.4 Å². The number of amides is 2. The quantitative estimate of drug-likeness (QED) is 0.357. The van der Waals surface area contributed by atoms with E-state index in [0.717, 1.165) is 10.6 Å². The minimum absolute atomic E-state index is 0.185. The lowest BCUT2D eigenvalue weighted by atomic mass is 10.0. The number of carbonyl (C=O) groups excluding carboxylic acids is 3. The standard InChI is InChI=1S/C19H23ClN2O5S/c1-3-26-18(24)17-12(2)21-19(25)22-15(17)11-27-16(23)5-4-10-28-14-8-6-13(20)7-9-14/h6-9,12H,3-5,10-11H2,1-2H3,(H2,21,22,25)/t12-/m1/s1. The van der Waals surface area contributed by atoms with E-state index in [1.165, 1.54) is 0 Å². The SMILES string of the molecule is CCOC(=O)C1=C(COC(=O)CCCSc2ccc(Cl)cc2)NC(=O)N[C@@H]1C. The first-order chi connectivity index (χ1) is 13.4. The molecule has 0 saturated heterocycles. The molecule has 2 amide bonds. The molecule has 2 N–H and O–H groups in total. The lowest BCUT2D eigenvalue weighted by Crippen LogP contribution is -2.50. The minimum atomic E-state index is -0.548. The van der Waals surface area contributed by atoms with E-state index in [-0.39, 0.29) is 30.9 Å². The van der Waals surface area contributed by atoms with Crippen LogP contribution in [0.25, 0.3) is 0 Å². The summed E-state index contributed by atoms with van der Waals surface area (Å²) in [5.41, 5.74) is 0.506. The fourth-order valence-corrected chi connectivity index (χ4v) is 3.53. The average Bonchev–Trinajstić information content (AvgIpc) is 2.64. The van der Waals surface area contributed by atoms with Crippen LogP contribution in [-0.4, -0.2) is 43.0 Å². The maximum absolute atomic E-state index is 12.1. The Morgan fingerprint density at radius 2 is 1.93 bits per heavy atom.